The summed E-state index contributed by atoms with van der Waals surface area (Å²) < 4.78 is 3.13. The van der Waals surface area contributed by atoms with Crippen LogP contribution in [0.1, 0.15) is 50.4 Å². The molecule has 0 unspecified atom stereocenters. The summed E-state index contributed by atoms with van der Waals surface area (Å²) in [6.45, 7) is 14.8. The summed E-state index contributed by atoms with van der Waals surface area (Å²) in [6, 6.07) is 52.3. The standard InChI is InChI=1S/C66H52B2N8Se/c1-65(2,3)63-61-62(64(77-63)66(4,5)6)74-42-28-30-48-60-50(42)68(40-32-34-18-12-14-20-36(34)52-56(40)76(60)58-44(70(48)8)22-16-24-46(58)72(52)10)38-26-25-37-53(54(38)74)73(61)41-27-29-47-59-49(41)67(37)39-31-33-17-11-13-19-35(33)51-55(39)75(59)57-43(69(47)7)21-15-23-45(57)71(51)9/h11-32H,1-10H3. The van der Waals surface area contributed by atoms with E-state index in [9.17, 15) is 0 Å². The third-order valence-corrected chi connectivity index (χ3v) is 23.4. The van der Waals surface area contributed by atoms with E-state index in [4.69, 9.17) is 0 Å². The maximum absolute atomic E-state index is 2.84. The van der Waals surface area contributed by atoms with E-state index in [2.05, 4.69) is 242 Å². The van der Waals surface area contributed by atoms with Crippen LogP contribution >= 0.6 is 0 Å². The van der Waals surface area contributed by atoms with E-state index in [-0.39, 0.29) is 38.8 Å². The molecule has 77 heavy (non-hydrogen) atoms. The van der Waals surface area contributed by atoms with E-state index >= 15 is 0 Å². The summed E-state index contributed by atoms with van der Waals surface area (Å²) in [5.74, 6) is 0. The first-order chi connectivity index (χ1) is 37.2. The summed E-state index contributed by atoms with van der Waals surface area (Å²) >= 11 is 0.0754. The molecule has 11 heteroatoms. The van der Waals surface area contributed by atoms with E-state index in [0.717, 1.165) is 0 Å². The maximum atomic E-state index is 2.84. The van der Waals surface area contributed by atoms with E-state index in [1.54, 1.807) is 8.87 Å². The van der Waals surface area contributed by atoms with Gasteiger partial charge in [0, 0.05) is 0 Å². The van der Waals surface area contributed by atoms with Crippen molar-refractivity contribution in [2.75, 3.05) is 67.4 Å². The van der Waals surface area contributed by atoms with Gasteiger partial charge in [-0.15, -0.1) is 0 Å². The molecular formula is C66H52B2N8Se. The van der Waals surface area contributed by atoms with Gasteiger partial charge >= 0.3 is 458 Å². The second-order valence-corrected chi connectivity index (χ2v) is 27.3. The van der Waals surface area contributed by atoms with Gasteiger partial charge in [0.05, 0.1) is 0 Å². The van der Waals surface area contributed by atoms with Gasteiger partial charge in [-0.1, -0.05) is 0 Å². The van der Waals surface area contributed by atoms with Gasteiger partial charge < -0.3 is 0 Å². The molecule has 19 rings (SSSR count). The number of hydrogen-bond donors (Lipinski definition) is 0. The molecule has 10 heterocycles. The van der Waals surface area contributed by atoms with Crippen molar-refractivity contribution in [1.29, 1.82) is 0 Å². The first kappa shape index (κ1) is 42.2. The van der Waals surface area contributed by atoms with E-state index in [0.29, 0.717) is 0 Å². The molecule has 9 aromatic carbocycles. The number of fused-ring (bicyclic) bond motifs is 13. The first-order valence-electron chi connectivity index (χ1n) is 27.4. The summed E-state index contributed by atoms with van der Waals surface area (Å²) in [5, 5.41) is 5.13. The van der Waals surface area contributed by atoms with Crippen molar-refractivity contribution >= 4 is 196 Å². The van der Waals surface area contributed by atoms with Crippen LogP contribution in [0.25, 0.3) is 21.5 Å². The van der Waals surface area contributed by atoms with Gasteiger partial charge in [0.2, 0.25) is 0 Å². The predicted molar refractivity (Wildman–Crippen MR) is 330 cm³/mol. The Morgan fingerprint density at radius 1 is 0.312 bits per heavy atom. The van der Waals surface area contributed by atoms with Crippen LogP contribution in [0.4, 0.5) is 114 Å². The Morgan fingerprint density at radius 3 is 1.09 bits per heavy atom. The molecule has 0 N–H and O–H groups in total. The van der Waals surface area contributed by atoms with Gasteiger partial charge in [0.1, 0.15) is 0 Å². The van der Waals surface area contributed by atoms with E-state index in [1.165, 1.54) is 168 Å². The molecule has 0 aliphatic carbocycles. The molecular weight excluding hydrogens is 1010 g/mol. The fourth-order valence-electron chi connectivity index (χ4n) is 16.2. The van der Waals surface area contributed by atoms with Crippen molar-refractivity contribution < 1.29 is 0 Å². The SMILES string of the molecule is CN1c2cccc3c2N2c4c1ccc1c4B(c4ccc5c6c4N1c1c(C(C)(C)C)[se]c(C(C)(C)C)c1N6c1ccc4c6c1B5c1cc5ccccc5c5c1N6c1c(cccc1N5C)N4C)c1cc4ccccc4c(c12)N3C. The molecule has 0 spiro atoms. The molecule has 0 saturated carbocycles. The average Bonchev–Trinajstić information content (AvgIpc) is 3.87. The second-order valence-electron chi connectivity index (χ2n) is 25.1. The molecule has 8 nitrogen and oxygen atoms in total. The van der Waals surface area contributed by atoms with Crippen molar-refractivity contribution in [3.8, 4) is 0 Å². The van der Waals surface area contributed by atoms with Crippen LogP contribution < -0.4 is 72.0 Å². The van der Waals surface area contributed by atoms with E-state index in [1.807, 2.05) is 0 Å². The number of rotatable bonds is 0. The Kier molecular flexibility index (Phi) is 7.15. The Labute approximate surface area is 455 Å². The number of para-hydroxylation sites is 2. The molecule has 1 aromatic heterocycles. The molecule has 368 valence electrons. The summed E-state index contributed by atoms with van der Waals surface area (Å²) in [6.07, 6.45) is 0. The van der Waals surface area contributed by atoms with Gasteiger partial charge in [-0.25, -0.2) is 0 Å². The molecule has 9 aliphatic heterocycles. The fourth-order valence-corrected chi connectivity index (χ4v) is 19.1. The predicted octanol–water partition coefficient (Wildman–Crippen LogP) is 12.4. The van der Waals surface area contributed by atoms with Crippen LogP contribution in [-0.4, -0.2) is 56.1 Å². The molecule has 0 bridgehead atoms. The van der Waals surface area contributed by atoms with Crippen LogP contribution in [0.15, 0.2) is 133 Å². The minimum atomic E-state index is -0.0986. The molecule has 10 aromatic rings. The monoisotopic (exact) mass is 1060 g/mol. The van der Waals surface area contributed by atoms with Gasteiger partial charge in [-0.2, -0.15) is 0 Å². The van der Waals surface area contributed by atoms with Crippen LogP contribution in [0.2, 0.25) is 0 Å². The molecule has 9 aliphatic rings. The summed E-state index contributed by atoms with van der Waals surface area (Å²) in [7, 11) is 9.17. The number of benzene rings is 9. The Morgan fingerprint density at radius 2 is 0.675 bits per heavy atom. The quantitative estimate of drug-likeness (QED) is 0.139. The Balaban J connectivity index is 0.995. The molecule has 0 radical (unpaired) electrons. The van der Waals surface area contributed by atoms with Gasteiger partial charge in [0.25, 0.3) is 0 Å². The molecule has 0 fully saturated rings. The topological polar surface area (TPSA) is 25.9 Å². The van der Waals surface area contributed by atoms with Crippen molar-refractivity contribution in [1.82, 2.24) is 0 Å². The second kappa shape index (κ2) is 13.1. The molecule has 0 atom stereocenters. The third-order valence-electron chi connectivity index (χ3n) is 19.2. The van der Waals surface area contributed by atoms with Gasteiger partial charge in [-0.05, 0) is 0 Å². The normalized spacial score (nSPS) is 16.2. The zero-order valence-corrected chi connectivity index (χ0v) is 46.6. The fraction of sp³-hybridized carbons (Fsp3) is 0.182. The van der Waals surface area contributed by atoms with Crippen molar-refractivity contribution in [3.05, 3.63) is 142 Å². The van der Waals surface area contributed by atoms with Crippen LogP contribution in [0.5, 0.6) is 0 Å². The van der Waals surface area contributed by atoms with Crippen LogP contribution in [-0.2, 0) is 10.8 Å². The zero-order chi connectivity index (χ0) is 51.5. The number of hydrogen-bond acceptors (Lipinski definition) is 8. The number of anilines is 20. The first-order valence-corrected chi connectivity index (χ1v) is 29.1. The van der Waals surface area contributed by atoms with Crippen LogP contribution in [0.3, 0.4) is 0 Å². The molecule has 0 saturated heterocycles. The van der Waals surface area contributed by atoms with E-state index < -0.39 is 0 Å². The van der Waals surface area contributed by atoms with Gasteiger partial charge in [0.15, 0.2) is 0 Å². The Bertz CT molecular complexity index is 4300. The minimum absolute atomic E-state index is 0.0304. The van der Waals surface area contributed by atoms with Gasteiger partial charge in [-0.3, -0.25) is 0 Å². The van der Waals surface area contributed by atoms with Crippen molar-refractivity contribution in [3.63, 3.8) is 0 Å². The van der Waals surface area contributed by atoms with Crippen LogP contribution in [0, 0.1) is 0 Å². The summed E-state index contributed by atoms with van der Waals surface area (Å²) in [4.78, 5) is 21.0. The number of nitrogens with zero attached hydrogens (tertiary/aromatic N) is 8. The summed E-state index contributed by atoms with van der Waals surface area (Å²) in [5.41, 5.74) is 34.1. The molecule has 0 amide bonds. The van der Waals surface area contributed by atoms with Crippen molar-refractivity contribution in [2.45, 2.75) is 52.4 Å². The zero-order valence-electron chi connectivity index (χ0n) is 44.8. The van der Waals surface area contributed by atoms with Crippen molar-refractivity contribution in [2.24, 2.45) is 0 Å². The average molecular weight is 1060 g/mol. The Hall–Kier alpha value is -7.97. The third kappa shape index (κ3) is 4.49.